The average molecular weight is 223 g/mol. The Bertz CT molecular complexity index is 268. The molecule has 0 spiro atoms. The molecule has 3 heteroatoms. The topological polar surface area (TPSA) is 30.7 Å². The molecule has 0 N–H and O–H groups in total. The van der Waals surface area contributed by atoms with Gasteiger partial charge in [0.15, 0.2) is 0 Å². The van der Waals surface area contributed by atoms with Crippen molar-refractivity contribution in [1.82, 2.24) is 15.0 Å². The van der Waals surface area contributed by atoms with Crippen molar-refractivity contribution < 1.29 is 0 Å². The van der Waals surface area contributed by atoms with Crippen LogP contribution < -0.4 is 0 Å². The monoisotopic (exact) mass is 223 g/mol. The lowest BCUT2D eigenvalue weighted by molar-refractivity contribution is 0.537. The first-order valence-corrected chi connectivity index (χ1v) is 6.75. The first-order valence-electron chi connectivity index (χ1n) is 6.75. The molecule has 0 saturated heterocycles. The van der Waals surface area contributed by atoms with Crippen molar-refractivity contribution in [2.45, 2.75) is 71.8 Å². The van der Waals surface area contributed by atoms with Crippen molar-refractivity contribution in [2.75, 3.05) is 0 Å². The molecule has 0 unspecified atom stereocenters. The zero-order valence-electron chi connectivity index (χ0n) is 10.8. The van der Waals surface area contributed by atoms with E-state index < -0.39 is 0 Å². The molecule has 1 heterocycles. The summed E-state index contributed by atoms with van der Waals surface area (Å²) in [5.74, 6) is 0. The normalized spacial score (nSPS) is 10.9. The summed E-state index contributed by atoms with van der Waals surface area (Å²) in [7, 11) is 0. The van der Waals surface area contributed by atoms with Gasteiger partial charge in [-0.25, -0.2) is 0 Å². The summed E-state index contributed by atoms with van der Waals surface area (Å²) in [6.07, 6.45) is 12.2. The molecule has 3 nitrogen and oxygen atoms in total. The Hall–Kier alpha value is -0.860. The van der Waals surface area contributed by atoms with E-state index in [0.717, 1.165) is 18.7 Å². The zero-order chi connectivity index (χ0) is 11.6. The van der Waals surface area contributed by atoms with E-state index in [4.69, 9.17) is 0 Å². The molecule has 0 aromatic carbocycles. The third-order valence-electron chi connectivity index (χ3n) is 2.86. The fraction of sp³-hybridized carbons (Fsp3) is 0.846. The highest BCUT2D eigenvalue weighted by atomic mass is 15.4. The minimum absolute atomic E-state index is 1.02. The molecule has 16 heavy (non-hydrogen) atoms. The number of aromatic nitrogens is 3. The van der Waals surface area contributed by atoms with Gasteiger partial charge < -0.3 is 0 Å². The smallest absolute Gasteiger partial charge is 0.0827 e. The Morgan fingerprint density at radius 3 is 2.50 bits per heavy atom. The summed E-state index contributed by atoms with van der Waals surface area (Å²) in [6.45, 7) is 5.49. The molecule has 1 aromatic heterocycles. The van der Waals surface area contributed by atoms with Crippen molar-refractivity contribution in [3.8, 4) is 0 Å². The molecule has 1 aromatic rings. The van der Waals surface area contributed by atoms with E-state index in [2.05, 4.69) is 30.4 Å². The highest BCUT2D eigenvalue weighted by molar-refractivity contribution is 4.92. The molecule has 0 aliphatic heterocycles. The lowest BCUT2D eigenvalue weighted by atomic mass is 10.1. The van der Waals surface area contributed by atoms with Crippen LogP contribution >= 0.6 is 0 Å². The van der Waals surface area contributed by atoms with E-state index in [1.54, 1.807) is 0 Å². The Labute approximate surface area is 99.2 Å². The summed E-state index contributed by atoms with van der Waals surface area (Å²) in [6, 6.07) is 0. The van der Waals surface area contributed by atoms with Crippen molar-refractivity contribution in [3.05, 3.63) is 11.9 Å². The molecule has 0 aliphatic carbocycles. The number of aryl methyl sites for hydroxylation is 2. The molecular formula is C13H25N3. The highest BCUT2D eigenvalue weighted by Crippen LogP contribution is 2.05. The van der Waals surface area contributed by atoms with Crippen LogP contribution in [0.1, 0.15) is 64.5 Å². The van der Waals surface area contributed by atoms with Gasteiger partial charge in [0.2, 0.25) is 0 Å². The van der Waals surface area contributed by atoms with Gasteiger partial charge in [0.05, 0.1) is 5.69 Å². The first-order chi connectivity index (χ1) is 7.86. The molecule has 0 bridgehead atoms. The van der Waals surface area contributed by atoms with Crippen LogP contribution in [0.2, 0.25) is 0 Å². The van der Waals surface area contributed by atoms with Crippen LogP contribution in [0.3, 0.4) is 0 Å². The van der Waals surface area contributed by atoms with Crippen molar-refractivity contribution in [2.24, 2.45) is 0 Å². The fourth-order valence-electron chi connectivity index (χ4n) is 1.82. The zero-order valence-corrected chi connectivity index (χ0v) is 10.8. The van der Waals surface area contributed by atoms with Gasteiger partial charge in [0, 0.05) is 12.7 Å². The Morgan fingerprint density at radius 2 is 1.75 bits per heavy atom. The molecule has 0 aliphatic rings. The second-order valence-electron chi connectivity index (χ2n) is 4.49. The van der Waals surface area contributed by atoms with Crippen LogP contribution in [0.4, 0.5) is 0 Å². The third kappa shape index (κ3) is 5.29. The number of unbranched alkanes of at least 4 members (excludes halogenated alkanes) is 5. The number of hydrogen-bond acceptors (Lipinski definition) is 2. The maximum absolute atomic E-state index is 4.21. The number of rotatable bonds is 9. The van der Waals surface area contributed by atoms with Crippen LogP contribution in [-0.4, -0.2) is 15.0 Å². The first kappa shape index (κ1) is 13.2. The molecule has 0 radical (unpaired) electrons. The number of nitrogens with zero attached hydrogens (tertiary/aromatic N) is 3. The average Bonchev–Trinajstić information content (AvgIpc) is 2.73. The van der Waals surface area contributed by atoms with E-state index in [9.17, 15) is 0 Å². The van der Waals surface area contributed by atoms with Gasteiger partial charge in [-0.1, -0.05) is 51.2 Å². The summed E-state index contributed by atoms with van der Waals surface area (Å²) in [4.78, 5) is 0. The summed E-state index contributed by atoms with van der Waals surface area (Å²) < 4.78 is 1.99. The summed E-state index contributed by atoms with van der Waals surface area (Å²) in [5.41, 5.74) is 1.16. The van der Waals surface area contributed by atoms with Crippen molar-refractivity contribution in [1.29, 1.82) is 0 Å². The van der Waals surface area contributed by atoms with Gasteiger partial charge in [0.25, 0.3) is 0 Å². The van der Waals surface area contributed by atoms with Crippen LogP contribution in [0, 0.1) is 0 Å². The van der Waals surface area contributed by atoms with E-state index in [1.165, 1.54) is 44.9 Å². The van der Waals surface area contributed by atoms with Gasteiger partial charge in [-0.15, -0.1) is 5.10 Å². The van der Waals surface area contributed by atoms with Gasteiger partial charge in [-0.05, 0) is 19.3 Å². The maximum Gasteiger partial charge on any atom is 0.0827 e. The maximum atomic E-state index is 4.21. The van der Waals surface area contributed by atoms with Crippen LogP contribution in [0.25, 0.3) is 0 Å². The van der Waals surface area contributed by atoms with Crippen molar-refractivity contribution in [3.63, 3.8) is 0 Å². The van der Waals surface area contributed by atoms with Crippen LogP contribution in [-0.2, 0) is 13.0 Å². The quantitative estimate of drug-likeness (QED) is 0.599. The fourth-order valence-corrected chi connectivity index (χ4v) is 1.82. The minimum atomic E-state index is 1.02. The third-order valence-corrected chi connectivity index (χ3v) is 2.86. The van der Waals surface area contributed by atoms with E-state index >= 15 is 0 Å². The Morgan fingerprint density at radius 1 is 1.00 bits per heavy atom. The minimum Gasteiger partial charge on any atom is -0.252 e. The lowest BCUT2D eigenvalue weighted by Crippen LogP contribution is -1.98. The van der Waals surface area contributed by atoms with Gasteiger partial charge in [-0.2, -0.15) is 0 Å². The van der Waals surface area contributed by atoms with Gasteiger partial charge in [0.1, 0.15) is 0 Å². The van der Waals surface area contributed by atoms with Crippen molar-refractivity contribution >= 4 is 0 Å². The molecule has 1 rings (SSSR count). The molecule has 0 amide bonds. The van der Waals surface area contributed by atoms with Gasteiger partial charge in [-0.3, -0.25) is 4.68 Å². The molecule has 0 saturated carbocycles. The predicted molar refractivity (Wildman–Crippen MR) is 67.4 cm³/mol. The van der Waals surface area contributed by atoms with Crippen LogP contribution in [0.5, 0.6) is 0 Å². The Kier molecular flexibility index (Phi) is 6.86. The second kappa shape index (κ2) is 8.31. The molecular weight excluding hydrogens is 198 g/mol. The van der Waals surface area contributed by atoms with Gasteiger partial charge >= 0.3 is 0 Å². The molecule has 92 valence electrons. The summed E-state index contributed by atoms with van der Waals surface area (Å²) >= 11 is 0. The lowest BCUT2D eigenvalue weighted by Gasteiger charge is -1.97. The standard InChI is InChI=1S/C13H25N3/c1-3-5-7-8-10-13-12-16(15-14-13)11-9-6-4-2/h12H,3-11H2,1-2H3. The summed E-state index contributed by atoms with van der Waals surface area (Å²) in [5, 5.41) is 8.36. The second-order valence-corrected chi connectivity index (χ2v) is 4.49. The highest BCUT2D eigenvalue weighted by Gasteiger charge is 2.00. The molecule has 0 atom stereocenters. The predicted octanol–water partition coefficient (Wildman–Crippen LogP) is 3.59. The SMILES string of the molecule is CCCCCCc1cn(CCCCC)nn1. The van der Waals surface area contributed by atoms with E-state index in [-0.39, 0.29) is 0 Å². The number of hydrogen-bond donors (Lipinski definition) is 0. The van der Waals surface area contributed by atoms with E-state index in [0.29, 0.717) is 0 Å². The van der Waals surface area contributed by atoms with E-state index in [1.807, 2.05) is 4.68 Å². The Balaban J connectivity index is 2.17. The van der Waals surface area contributed by atoms with Crippen LogP contribution in [0.15, 0.2) is 6.20 Å². The largest absolute Gasteiger partial charge is 0.252 e. The molecule has 0 fully saturated rings.